The first-order valence-corrected chi connectivity index (χ1v) is 10.2. The van der Waals surface area contributed by atoms with Gasteiger partial charge in [-0.1, -0.05) is 36.4 Å². The molecular weight excluding hydrogens is 395 g/mol. The molecule has 0 atom stereocenters. The number of nitrogens with zero attached hydrogens (tertiary/aromatic N) is 3. The third-order valence-corrected chi connectivity index (χ3v) is 5.20. The van der Waals surface area contributed by atoms with E-state index in [1.165, 1.54) is 12.1 Å². The Morgan fingerprint density at radius 3 is 2.39 bits per heavy atom. The van der Waals surface area contributed by atoms with E-state index in [1.54, 1.807) is 23.2 Å². The van der Waals surface area contributed by atoms with Crippen molar-refractivity contribution < 1.29 is 14.0 Å². The van der Waals surface area contributed by atoms with Gasteiger partial charge in [-0.05, 0) is 35.9 Å². The van der Waals surface area contributed by atoms with Crippen LogP contribution in [0.5, 0.6) is 0 Å². The third kappa shape index (κ3) is 5.25. The van der Waals surface area contributed by atoms with Crippen LogP contribution in [0, 0.1) is 5.82 Å². The zero-order valence-corrected chi connectivity index (χ0v) is 17.0. The van der Waals surface area contributed by atoms with Gasteiger partial charge in [0.2, 0.25) is 5.91 Å². The maximum atomic E-state index is 13.4. The highest BCUT2D eigenvalue weighted by Crippen LogP contribution is 2.18. The fourth-order valence-electron chi connectivity index (χ4n) is 3.58. The van der Waals surface area contributed by atoms with Crippen molar-refractivity contribution in [2.45, 2.75) is 6.42 Å². The highest BCUT2D eigenvalue weighted by Gasteiger charge is 2.23. The predicted molar refractivity (Wildman–Crippen MR) is 118 cm³/mol. The second-order valence-electron chi connectivity index (χ2n) is 7.41. The van der Waals surface area contributed by atoms with Crippen molar-refractivity contribution in [3.63, 3.8) is 0 Å². The van der Waals surface area contributed by atoms with Crippen molar-refractivity contribution in [2.24, 2.45) is 0 Å². The monoisotopic (exact) mass is 418 g/mol. The molecule has 158 valence electrons. The maximum absolute atomic E-state index is 13.4. The summed E-state index contributed by atoms with van der Waals surface area (Å²) < 4.78 is 13.4. The molecule has 7 heteroatoms. The van der Waals surface area contributed by atoms with Gasteiger partial charge in [0.25, 0.3) is 5.91 Å². The highest BCUT2D eigenvalue weighted by molar-refractivity contribution is 5.94. The van der Waals surface area contributed by atoms with Gasteiger partial charge in [0.05, 0.1) is 18.3 Å². The number of hydrogen-bond acceptors (Lipinski definition) is 4. The first-order valence-electron chi connectivity index (χ1n) is 10.2. The topological polar surface area (TPSA) is 65.5 Å². The van der Waals surface area contributed by atoms with Gasteiger partial charge in [0.1, 0.15) is 11.6 Å². The van der Waals surface area contributed by atoms with E-state index >= 15 is 0 Å². The van der Waals surface area contributed by atoms with Gasteiger partial charge in [-0.15, -0.1) is 0 Å². The lowest BCUT2D eigenvalue weighted by Gasteiger charge is -2.35. The van der Waals surface area contributed by atoms with Gasteiger partial charge >= 0.3 is 0 Å². The number of halogens is 1. The smallest absolute Gasteiger partial charge is 0.254 e. The molecule has 0 spiro atoms. The molecule has 0 aliphatic carbocycles. The summed E-state index contributed by atoms with van der Waals surface area (Å²) >= 11 is 0. The molecule has 1 aromatic heterocycles. The molecule has 1 fully saturated rings. The zero-order chi connectivity index (χ0) is 21.6. The fourth-order valence-corrected chi connectivity index (χ4v) is 3.58. The SMILES string of the molecule is O=C(Cc1ccccc1)Nc1ccc(N2CCN(C(=O)c3cccc(F)c3)CC2)nc1. The molecule has 4 rings (SSSR count). The summed E-state index contributed by atoms with van der Waals surface area (Å²) in [5, 5.41) is 2.86. The third-order valence-electron chi connectivity index (χ3n) is 5.20. The molecule has 1 saturated heterocycles. The Bertz CT molecular complexity index is 1050. The van der Waals surface area contributed by atoms with Crippen LogP contribution < -0.4 is 10.2 Å². The molecule has 6 nitrogen and oxygen atoms in total. The molecule has 1 N–H and O–H groups in total. The lowest BCUT2D eigenvalue weighted by Crippen LogP contribution is -2.49. The van der Waals surface area contributed by atoms with Crippen LogP contribution in [-0.2, 0) is 11.2 Å². The van der Waals surface area contributed by atoms with Crippen LogP contribution in [-0.4, -0.2) is 47.9 Å². The van der Waals surface area contributed by atoms with Crippen molar-refractivity contribution in [1.82, 2.24) is 9.88 Å². The number of rotatable bonds is 5. The van der Waals surface area contributed by atoms with Crippen molar-refractivity contribution in [2.75, 3.05) is 36.4 Å². The van der Waals surface area contributed by atoms with E-state index in [1.807, 2.05) is 42.5 Å². The number of piperazine rings is 1. The second-order valence-corrected chi connectivity index (χ2v) is 7.41. The lowest BCUT2D eigenvalue weighted by atomic mass is 10.1. The molecular formula is C24H23FN4O2. The number of carbonyl (C=O) groups excluding carboxylic acids is 2. The Kier molecular flexibility index (Phi) is 6.21. The predicted octanol–water partition coefficient (Wildman–Crippen LogP) is 3.36. The quantitative estimate of drug-likeness (QED) is 0.690. The summed E-state index contributed by atoms with van der Waals surface area (Å²) in [5.41, 5.74) is 1.96. The van der Waals surface area contributed by atoms with Crippen molar-refractivity contribution in [1.29, 1.82) is 0 Å². The summed E-state index contributed by atoms with van der Waals surface area (Å²) in [5.74, 6) is 0.123. The minimum absolute atomic E-state index is 0.0924. The molecule has 31 heavy (non-hydrogen) atoms. The van der Waals surface area contributed by atoms with Crippen LogP contribution in [0.4, 0.5) is 15.9 Å². The number of anilines is 2. The number of amides is 2. The van der Waals surface area contributed by atoms with E-state index in [9.17, 15) is 14.0 Å². The van der Waals surface area contributed by atoms with Gasteiger partial charge < -0.3 is 15.1 Å². The minimum atomic E-state index is -0.412. The van der Waals surface area contributed by atoms with Gasteiger partial charge in [0.15, 0.2) is 0 Å². The normalized spacial score (nSPS) is 13.7. The molecule has 0 radical (unpaired) electrons. The summed E-state index contributed by atoms with van der Waals surface area (Å²) in [6.07, 6.45) is 1.95. The minimum Gasteiger partial charge on any atom is -0.353 e. The van der Waals surface area contributed by atoms with E-state index < -0.39 is 5.82 Å². The summed E-state index contributed by atoms with van der Waals surface area (Å²) in [6, 6.07) is 19.0. The van der Waals surface area contributed by atoms with Crippen LogP contribution in [0.3, 0.4) is 0 Å². The summed E-state index contributed by atoms with van der Waals surface area (Å²) in [4.78, 5) is 33.0. The number of carbonyl (C=O) groups is 2. The molecule has 2 amide bonds. The molecule has 1 aliphatic rings. The highest BCUT2D eigenvalue weighted by atomic mass is 19.1. The molecule has 0 unspecified atom stereocenters. The summed E-state index contributed by atoms with van der Waals surface area (Å²) in [7, 11) is 0. The molecule has 3 aromatic rings. The maximum Gasteiger partial charge on any atom is 0.254 e. The number of benzene rings is 2. The Morgan fingerprint density at radius 2 is 1.71 bits per heavy atom. The average Bonchev–Trinajstić information content (AvgIpc) is 2.80. The van der Waals surface area contributed by atoms with Crippen molar-refractivity contribution in [3.05, 3.63) is 89.9 Å². The number of pyridine rings is 1. The Balaban J connectivity index is 1.30. The van der Waals surface area contributed by atoms with E-state index in [4.69, 9.17) is 0 Å². The van der Waals surface area contributed by atoms with Gasteiger partial charge in [-0.2, -0.15) is 0 Å². The Labute approximate surface area is 180 Å². The van der Waals surface area contributed by atoms with E-state index in [0.717, 1.165) is 11.4 Å². The fraction of sp³-hybridized carbons (Fsp3) is 0.208. The van der Waals surface area contributed by atoms with Crippen LogP contribution >= 0.6 is 0 Å². The number of aromatic nitrogens is 1. The number of nitrogens with one attached hydrogen (secondary N) is 1. The van der Waals surface area contributed by atoms with E-state index in [0.29, 0.717) is 43.9 Å². The Hall–Kier alpha value is -3.74. The van der Waals surface area contributed by atoms with Crippen molar-refractivity contribution >= 4 is 23.3 Å². The molecule has 2 aromatic carbocycles. The number of hydrogen-bond donors (Lipinski definition) is 1. The van der Waals surface area contributed by atoms with Gasteiger partial charge in [-0.25, -0.2) is 9.37 Å². The summed E-state index contributed by atoms with van der Waals surface area (Å²) in [6.45, 7) is 2.33. The second kappa shape index (κ2) is 9.38. The molecule has 2 heterocycles. The van der Waals surface area contributed by atoms with Gasteiger partial charge in [-0.3, -0.25) is 9.59 Å². The standard InChI is InChI=1S/C24H23FN4O2/c25-20-8-4-7-19(16-20)24(31)29-13-11-28(12-14-29)22-10-9-21(17-26-22)27-23(30)15-18-5-2-1-3-6-18/h1-10,16-17H,11-15H2,(H,27,30). The lowest BCUT2D eigenvalue weighted by molar-refractivity contribution is -0.115. The molecule has 0 saturated carbocycles. The molecule has 1 aliphatic heterocycles. The van der Waals surface area contributed by atoms with Crippen LogP contribution in [0.15, 0.2) is 72.9 Å². The first-order chi connectivity index (χ1) is 15.1. The van der Waals surface area contributed by atoms with E-state index in [2.05, 4.69) is 15.2 Å². The van der Waals surface area contributed by atoms with Crippen molar-refractivity contribution in [3.8, 4) is 0 Å². The zero-order valence-electron chi connectivity index (χ0n) is 17.0. The van der Waals surface area contributed by atoms with Gasteiger partial charge in [0, 0.05) is 31.7 Å². The van der Waals surface area contributed by atoms with Crippen LogP contribution in [0.2, 0.25) is 0 Å². The largest absolute Gasteiger partial charge is 0.353 e. The van der Waals surface area contributed by atoms with E-state index in [-0.39, 0.29) is 11.8 Å². The van der Waals surface area contributed by atoms with Crippen LogP contribution in [0.1, 0.15) is 15.9 Å². The molecule has 0 bridgehead atoms. The average molecular weight is 418 g/mol. The first kappa shape index (κ1) is 20.5. The van der Waals surface area contributed by atoms with Crippen LogP contribution in [0.25, 0.3) is 0 Å². The Morgan fingerprint density at radius 1 is 0.935 bits per heavy atom.